The predicted molar refractivity (Wildman–Crippen MR) is 231 cm³/mol. The van der Waals surface area contributed by atoms with Gasteiger partial charge in [0.15, 0.2) is 16.7 Å². The molecule has 334 valence electrons. The Hall–Kier alpha value is -5.53. The molecule has 0 bridgehead atoms. The van der Waals surface area contributed by atoms with Crippen molar-refractivity contribution >= 4 is 69.1 Å². The van der Waals surface area contributed by atoms with E-state index in [1.54, 1.807) is 36.5 Å². The van der Waals surface area contributed by atoms with E-state index in [1.165, 1.54) is 22.3 Å². The number of ether oxygens (including phenoxy) is 4. The van der Waals surface area contributed by atoms with E-state index in [-0.39, 0.29) is 86.1 Å². The summed E-state index contributed by atoms with van der Waals surface area (Å²) >= 11 is 7.43. The Bertz CT molecular complexity index is 2260. The lowest BCUT2D eigenvalue weighted by atomic mass is 9.69. The van der Waals surface area contributed by atoms with Crippen molar-refractivity contribution in [3.63, 3.8) is 0 Å². The first-order valence-corrected chi connectivity index (χ1v) is 22.1. The van der Waals surface area contributed by atoms with Gasteiger partial charge >= 0.3 is 0 Å². The number of nitrogens with one attached hydrogen (secondary N) is 4. The van der Waals surface area contributed by atoms with Gasteiger partial charge in [-0.05, 0) is 80.1 Å². The van der Waals surface area contributed by atoms with Gasteiger partial charge in [0.2, 0.25) is 23.6 Å². The van der Waals surface area contributed by atoms with Gasteiger partial charge in [0, 0.05) is 54.5 Å². The van der Waals surface area contributed by atoms with Crippen LogP contribution >= 0.6 is 22.9 Å². The van der Waals surface area contributed by atoms with Crippen LogP contribution in [-0.4, -0.2) is 103 Å². The predicted octanol–water partition coefficient (Wildman–Crippen LogP) is 5.58. The highest BCUT2D eigenvalue weighted by Gasteiger charge is 2.43. The van der Waals surface area contributed by atoms with E-state index in [0.717, 1.165) is 5.69 Å². The number of nitrogens with zero attached hydrogens (tertiary/aromatic N) is 3. The first-order chi connectivity index (χ1) is 30.6. The Morgan fingerprint density at radius 3 is 2.48 bits per heavy atom. The number of rotatable bonds is 21. The van der Waals surface area contributed by atoms with Gasteiger partial charge in [-0.1, -0.05) is 23.7 Å². The van der Waals surface area contributed by atoms with Crippen molar-refractivity contribution in [1.82, 2.24) is 25.5 Å². The van der Waals surface area contributed by atoms with E-state index in [2.05, 4.69) is 26.3 Å². The van der Waals surface area contributed by atoms with Crippen LogP contribution in [0, 0.1) is 11.2 Å². The summed E-state index contributed by atoms with van der Waals surface area (Å²) in [6, 6.07) is 14.6. The highest BCUT2D eigenvalue weighted by molar-refractivity contribution is 7.13. The largest absolute Gasteiger partial charge is 0.487 e. The molecule has 1 atom stereocenters. The summed E-state index contributed by atoms with van der Waals surface area (Å²) in [6.45, 7) is 2.17. The quantitative estimate of drug-likeness (QED) is 0.0599. The number of aromatic nitrogens is 2. The minimum Gasteiger partial charge on any atom is -0.487 e. The van der Waals surface area contributed by atoms with Gasteiger partial charge in [-0.2, -0.15) is 0 Å². The minimum atomic E-state index is -0.768. The SMILES string of the molecule is O=C1CCC(N2Cc3cc(NC(=O)CCOCCOCCOCCNC(=O)C4(Cc5cccc(Nc6nccs6)n5)CCC(Oc5cccc(Cl)c5F)CC4)ccc3C2=O)C(=O)N1. The summed E-state index contributed by atoms with van der Waals surface area (Å²) in [5.74, 6) is -1.34. The normalized spacial score (nSPS) is 19.7. The molecule has 5 amide bonds. The average molecular weight is 906 g/mol. The van der Waals surface area contributed by atoms with Crippen LogP contribution in [0.15, 0.2) is 66.2 Å². The molecule has 0 radical (unpaired) electrons. The number of amides is 5. The van der Waals surface area contributed by atoms with E-state index < -0.39 is 23.2 Å². The van der Waals surface area contributed by atoms with Crippen molar-refractivity contribution in [1.29, 1.82) is 0 Å². The number of pyridine rings is 1. The second kappa shape index (κ2) is 21.7. The lowest BCUT2D eigenvalue weighted by Crippen LogP contribution is -2.52. The molecule has 3 aliphatic rings. The molecule has 2 aromatic carbocycles. The van der Waals surface area contributed by atoms with Crippen molar-refractivity contribution in [2.75, 3.05) is 56.8 Å². The summed E-state index contributed by atoms with van der Waals surface area (Å²) in [5.41, 5.74) is 1.68. The molecule has 0 spiro atoms. The molecule has 4 N–H and O–H groups in total. The van der Waals surface area contributed by atoms with Crippen LogP contribution < -0.4 is 26.0 Å². The Morgan fingerprint density at radius 2 is 1.71 bits per heavy atom. The highest BCUT2D eigenvalue weighted by Crippen LogP contribution is 2.41. The van der Waals surface area contributed by atoms with Crippen LogP contribution in [0.4, 0.5) is 21.0 Å². The molecule has 16 nitrogen and oxygen atoms in total. The number of carbonyl (C=O) groups excluding carboxylic acids is 5. The molecule has 1 aliphatic carbocycles. The van der Waals surface area contributed by atoms with Gasteiger partial charge in [-0.25, -0.2) is 14.4 Å². The molecule has 2 aromatic heterocycles. The number of imide groups is 1. The maximum atomic E-state index is 14.6. The zero-order valence-electron chi connectivity index (χ0n) is 34.5. The average Bonchev–Trinajstić information content (AvgIpc) is 3.90. The highest BCUT2D eigenvalue weighted by atomic mass is 35.5. The van der Waals surface area contributed by atoms with Crippen LogP contribution in [0.5, 0.6) is 5.75 Å². The zero-order chi connectivity index (χ0) is 44.2. The Labute approximate surface area is 372 Å². The molecule has 1 unspecified atom stereocenters. The monoisotopic (exact) mass is 905 g/mol. The third-order valence-corrected chi connectivity index (χ3v) is 12.1. The van der Waals surface area contributed by atoms with Crippen molar-refractivity contribution in [2.24, 2.45) is 5.41 Å². The Balaban J connectivity index is 0.778. The fourth-order valence-electron chi connectivity index (χ4n) is 7.90. The molecule has 2 aliphatic heterocycles. The fraction of sp³-hybridized carbons (Fsp3) is 0.432. The van der Waals surface area contributed by atoms with E-state index >= 15 is 0 Å². The number of benzene rings is 2. The molecule has 7 rings (SSSR count). The first kappa shape index (κ1) is 45.5. The number of carbonyl (C=O) groups is 5. The van der Waals surface area contributed by atoms with Crippen molar-refractivity contribution < 1.29 is 47.3 Å². The van der Waals surface area contributed by atoms with Crippen LogP contribution in [0.25, 0.3) is 0 Å². The van der Waals surface area contributed by atoms with Gasteiger partial charge in [-0.15, -0.1) is 11.3 Å². The fourth-order valence-corrected chi connectivity index (χ4v) is 8.60. The number of halogens is 2. The molecular weight excluding hydrogens is 857 g/mol. The first-order valence-electron chi connectivity index (χ1n) is 20.9. The van der Waals surface area contributed by atoms with E-state index in [4.69, 9.17) is 35.5 Å². The standard InChI is InChI=1S/C44H49ClFN7O9S/c45-33-4-2-5-35(39(33)46)62-31-11-14-44(15-12-31,26-30-3-1-6-36(49-30)51-43-48-17-24-63-43)42(58)47-16-19-60-21-23-61-22-20-59-18-13-38(55)50-29-7-8-32-28(25-29)27-53(41(32)57)34-9-10-37(54)52-40(34)56/h1-8,17,24-25,31,34H,9-16,18-23,26-27H2,(H,47,58)(H,50,55)(H,48,49,51)(H,52,54,56). The summed E-state index contributed by atoms with van der Waals surface area (Å²) in [6.07, 6.45) is 4.48. The smallest absolute Gasteiger partial charge is 0.255 e. The number of anilines is 3. The molecule has 1 saturated heterocycles. The summed E-state index contributed by atoms with van der Waals surface area (Å²) in [4.78, 5) is 73.7. The topological polar surface area (TPSA) is 199 Å². The lowest BCUT2D eigenvalue weighted by molar-refractivity contribution is -0.137. The maximum Gasteiger partial charge on any atom is 0.255 e. The van der Waals surface area contributed by atoms with Gasteiger partial charge in [0.25, 0.3) is 5.91 Å². The van der Waals surface area contributed by atoms with E-state index in [1.807, 2.05) is 23.6 Å². The van der Waals surface area contributed by atoms with E-state index in [9.17, 15) is 28.4 Å². The number of thiazole rings is 1. The molecule has 4 heterocycles. The third kappa shape index (κ3) is 12.1. The summed E-state index contributed by atoms with van der Waals surface area (Å²) in [5, 5.41) is 14.0. The molecule has 2 fully saturated rings. The lowest BCUT2D eigenvalue weighted by Gasteiger charge is -2.39. The van der Waals surface area contributed by atoms with Crippen LogP contribution in [0.1, 0.15) is 66.6 Å². The van der Waals surface area contributed by atoms with Crippen molar-refractivity contribution in [2.45, 2.75) is 70.1 Å². The maximum absolute atomic E-state index is 14.6. The molecule has 63 heavy (non-hydrogen) atoms. The van der Waals surface area contributed by atoms with Gasteiger partial charge < -0.3 is 39.8 Å². The number of piperidine rings is 1. The zero-order valence-corrected chi connectivity index (χ0v) is 36.1. The molecule has 19 heteroatoms. The van der Waals surface area contributed by atoms with Crippen molar-refractivity contribution in [3.05, 3.63) is 93.8 Å². The molecular formula is C44H49ClFN7O9S. The summed E-state index contributed by atoms with van der Waals surface area (Å²) in [7, 11) is 0. The van der Waals surface area contributed by atoms with Gasteiger partial charge in [0.05, 0.1) is 62.6 Å². The van der Waals surface area contributed by atoms with Crippen LogP contribution in [0.3, 0.4) is 0 Å². The minimum absolute atomic E-state index is 0.00729. The van der Waals surface area contributed by atoms with Crippen molar-refractivity contribution in [3.8, 4) is 5.75 Å². The van der Waals surface area contributed by atoms with E-state index in [0.29, 0.717) is 86.2 Å². The van der Waals surface area contributed by atoms with Crippen LogP contribution in [-0.2, 0) is 46.4 Å². The molecule has 4 aromatic rings. The second-order valence-corrected chi connectivity index (χ2v) is 16.8. The second-order valence-electron chi connectivity index (χ2n) is 15.5. The summed E-state index contributed by atoms with van der Waals surface area (Å²) < 4.78 is 37.5. The third-order valence-electron chi connectivity index (χ3n) is 11.1. The van der Waals surface area contributed by atoms with Gasteiger partial charge in [0.1, 0.15) is 11.9 Å². The Morgan fingerprint density at radius 1 is 0.952 bits per heavy atom. The number of hydrogen-bond donors (Lipinski definition) is 4. The van der Waals surface area contributed by atoms with Crippen LogP contribution in [0.2, 0.25) is 5.02 Å². The number of fused-ring (bicyclic) bond motifs is 1. The molecule has 1 saturated carbocycles. The number of hydrogen-bond acceptors (Lipinski definition) is 13. The van der Waals surface area contributed by atoms with Gasteiger partial charge in [-0.3, -0.25) is 29.3 Å². The Kier molecular flexibility index (Phi) is 15.7.